The van der Waals surface area contributed by atoms with Gasteiger partial charge in [0.1, 0.15) is 41.8 Å². The van der Waals surface area contributed by atoms with Crippen molar-refractivity contribution in [3.8, 4) is 34.1 Å². The standard InChI is InChI=1S/C41H45NO8/c1-5-39(43)46-24-6-22-45-35-18-14-33(15-19-35)32-12-8-30(9-13-32)27-48-36-20-21-38(37(26-36)29(2)42)49-28-31-10-16-34(17-11-31)44-23-7-25-47-40-41(3,4)50-40/h5,8-21,26,40,42H,1,6-7,22-25,27-28H2,2-4H3. The number of hydrogen-bond donors (Lipinski definition) is 1. The number of esters is 1. The summed E-state index contributed by atoms with van der Waals surface area (Å²) in [6.45, 7) is 11.8. The van der Waals surface area contributed by atoms with Crippen molar-refractivity contribution in [3.05, 3.63) is 120 Å². The summed E-state index contributed by atoms with van der Waals surface area (Å²) in [7, 11) is 0. The van der Waals surface area contributed by atoms with Gasteiger partial charge in [0, 0.05) is 30.2 Å². The summed E-state index contributed by atoms with van der Waals surface area (Å²) in [5.74, 6) is 2.41. The minimum atomic E-state index is -0.428. The lowest BCUT2D eigenvalue weighted by molar-refractivity contribution is -0.137. The second-order valence-electron chi connectivity index (χ2n) is 12.4. The average molecular weight is 680 g/mol. The molecule has 1 aliphatic heterocycles. The Labute approximate surface area is 294 Å². The van der Waals surface area contributed by atoms with Crippen LogP contribution in [0.15, 0.2) is 104 Å². The maximum atomic E-state index is 11.1. The molecule has 4 aromatic rings. The molecule has 1 saturated heterocycles. The first-order valence-electron chi connectivity index (χ1n) is 16.8. The van der Waals surface area contributed by atoms with Gasteiger partial charge in [-0.05, 0) is 85.5 Å². The van der Waals surface area contributed by atoms with E-state index in [-0.39, 0.29) is 11.9 Å². The van der Waals surface area contributed by atoms with Gasteiger partial charge in [-0.25, -0.2) is 4.79 Å². The van der Waals surface area contributed by atoms with E-state index < -0.39 is 5.97 Å². The van der Waals surface area contributed by atoms with Crippen molar-refractivity contribution in [2.24, 2.45) is 0 Å². The van der Waals surface area contributed by atoms with Crippen molar-refractivity contribution in [1.82, 2.24) is 0 Å². The molecule has 9 heteroatoms. The van der Waals surface area contributed by atoms with Gasteiger partial charge >= 0.3 is 5.97 Å². The Kier molecular flexibility index (Phi) is 12.7. The van der Waals surface area contributed by atoms with Crippen LogP contribution in [0.3, 0.4) is 0 Å². The minimum absolute atomic E-state index is 0.105. The zero-order valence-corrected chi connectivity index (χ0v) is 28.9. The van der Waals surface area contributed by atoms with Crippen LogP contribution in [0.4, 0.5) is 0 Å². The fourth-order valence-corrected chi connectivity index (χ4v) is 4.96. The molecule has 9 nitrogen and oxygen atoms in total. The molecule has 0 saturated carbocycles. The number of nitrogens with one attached hydrogen (secondary N) is 1. The van der Waals surface area contributed by atoms with E-state index in [9.17, 15) is 4.79 Å². The van der Waals surface area contributed by atoms with Crippen molar-refractivity contribution in [2.75, 3.05) is 26.4 Å². The normalized spacial score (nSPS) is 14.3. The first-order valence-corrected chi connectivity index (χ1v) is 16.8. The molecule has 1 heterocycles. The van der Waals surface area contributed by atoms with Gasteiger partial charge in [0.05, 0.1) is 26.4 Å². The first-order chi connectivity index (χ1) is 24.2. The lowest BCUT2D eigenvalue weighted by atomic mass is 10.0. The van der Waals surface area contributed by atoms with Crippen LogP contribution < -0.4 is 18.9 Å². The van der Waals surface area contributed by atoms with Crippen molar-refractivity contribution >= 4 is 11.7 Å². The second-order valence-corrected chi connectivity index (χ2v) is 12.4. The Hall–Kier alpha value is -5.12. The number of hydrogen-bond acceptors (Lipinski definition) is 9. The van der Waals surface area contributed by atoms with Crippen LogP contribution >= 0.6 is 0 Å². The lowest BCUT2D eigenvalue weighted by Crippen LogP contribution is -2.10. The summed E-state index contributed by atoms with van der Waals surface area (Å²) >= 11 is 0. The molecule has 0 aliphatic carbocycles. The zero-order chi connectivity index (χ0) is 35.3. The van der Waals surface area contributed by atoms with Gasteiger partial charge < -0.3 is 38.6 Å². The third-order valence-corrected chi connectivity index (χ3v) is 7.94. The maximum absolute atomic E-state index is 11.1. The fourth-order valence-electron chi connectivity index (χ4n) is 4.96. The summed E-state index contributed by atoms with van der Waals surface area (Å²) in [5.41, 5.74) is 5.09. The summed E-state index contributed by atoms with van der Waals surface area (Å²) < 4.78 is 39.8. The van der Waals surface area contributed by atoms with Crippen LogP contribution in [-0.2, 0) is 32.2 Å². The van der Waals surface area contributed by atoms with E-state index in [0.29, 0.717) is 68.8 Å². The fraction of sp³-hybridized carbons (Fsp3) is 0.317. The van der Waals surface area contributed by atoms with E-state index in [2.05, 4.69) is 18.7 Å². The third-order valence-electron chi connectivity index (χ3n) is 7.94. The monoisotopic (exact) mass is 679 g/mol. The molecule has 5 rings (SSSR count). The smallest absolute Gasteiger partial charge is 0.330 e. The quantitative estimate of drug-likeness (QED) is 0.0327. The van der Waals surface area contributed by atoms with Crippen molar-refractivity contribution in [1.29, 1.82) is 5.41 Å². The Balaban J connectivity index is 1.05. The highest BCUT2D eigenvalue weighted by atomic mass is 16.8. The first kappa shape index (κ1) is 36.2. The van der Waals surface area contributed by atoms with Gasteiger partial charge in [0.25, 0.3) is 0 Å². The molecule has 0 radical (unpaired) electrons. The van der Waals surface area contributed by atoms with Gasteiger partial charge in [-0.1, -0.05) is 55.1 Å². The topological polar surface area (TPSA) is 109 Å². The van der Waals surface area contributed by atoms with Gasteiger partial charge in [0.15, 0.2) is 6.29 Å². The number of benzene rings is 4. The maximum Gasteiger partial charge on any atom is 0.330 e. The van der Waals surface area contributed by atoms with E-state index in [1.807, 2.05) is 92.7 Å². The molecule has 1 N–H and O–H groups in total. The van der Waals surface area contributed by atoms with Crippen LogP contribution in [0.1, 0.15) is 50.3 Å². The van der Waals surface area contributed by atoms with Gasteiger partial charge in [0.2, 0.25) is 0 Å². The predicted molar refractivity (Wildman–Crippen MR) is 192 cm³/mol. The molecule has 1 unspecified atom stereocenters. The number of carbonyl (C=O) groups is 1. The van der Waals surface area contributed by atoms with E-state index in [4.69, 9.17) is 38.6 Å². The highest BCUT2D eigenvalue weighted by Crippen LogP contribution is 2.36. The van der Waals surface area contributed by atoms with Crippen LogP contribution in [0, 0.1) is 5.41 Å². The molecule has 1 atom stereocenters. The molecule has 0 amide bonds. The minimum Gasteiger partial charge on any atom is -0.494 e. The second kappa shape index (κ2) is 17.5. The van der Waals surface area contributed by atoms with E-state index >= 15 is 0 Å². The van der Waals surface area contributed by atoms with Crippen molar-refractivity contribution in [3.63, 3.8) is 0 Å². The third kappa shape index (κ3) is 10.9. The summed E-state index contributed by atoms with van der Waals surface area (Å²) in [6.07, 6.45) is 2.43. The van der Waals surface area contributed by atoms with Gasteiger partial charge in [-0.15, -0.1) is 0 Å². The average Bonchev–Trinajstić information content (AvgIpc) is 3.75. The Morgan fingerprint density at radius 3 is 1.84 bits per heavy atom. The van der Waals surface area contributed by atoms with Crippen LogP contribution in [0.2, 0.25) is 0 Å². The Morgan fingerprint density at radius 1 is 0.740 bits per heavy atom. The van der Waals surface area contributed by atoms with Crippen LogP contribution in [0.5, 0.6) is 23.0 Å². The Bertz CT molecular complexity index is 1720. The van der Waals surface area contributed by atoms with Crippen LogP contribution in [-0.4, -0.2) is 50.0 Å². The predicted octanol–water partition coefficient (Wildman–Crippen LogP) is 8.32. The van der Waals surface area contributed by atoms with Gasteiger partial charge in [-0.3, -0.25) is 0 Å². The Morgan fingerprint density at radius 2 is 1.26 bits per heavy atom. The van der Waals surface area contributed by atoms with Crippen LogP contribution in [0.25, 0.3) is 11.1 Å². The molecule has 0 spiro atoms. The highest BCUT2D eigenvalue weighted by molar-refractivity contribution is 5.99. The van der Waals surface area contributed by atoms with E-state index in [1.165, 1.54) is 0 Å². The lowest BCUT2D eigenvalue weighted by Gasteiger charge is -2.14. The molecule has 262 valence electrons. The van der Waals surface area contributed by atoms with E-state index in [0.717, 1.165) is 46.2 Å². The van der Waals surface area contributed by atoms with E-state index in [1.54, 1.807) is 6.92 Å². The van der Waals surface area contributed by atoms with Crippen molar-refractivity contribution in [2.45, 2.75) is 58.7 Å². The number of ether oxygens (including phenoxy) is 7. The van der Waals surface area contributed by atoms with Crippen molar-refractivity contribution < 1.29 is 38.0 Å². The highest BCUT2D eigenvalue weighted by Gasteiger charge is 2.49. The molecule has 4 aromatic carbocycles. The SMILES string of the molecule is C=CC(=O)OCCCOc1ccc(-c2ccc(COc3ccc(OCc4ccc(OCCCOC5OC5(C)C)cc4)c(C(C)=N)c3)cc2)cc1. The van der Waals surface area contributed by atoms with Gasteiger partial charge in [-0.2, -0.15) is 0 Å². The number of carbonyl (C=O) groups excluding carboxylic acids is 1. The largest absolute Gasteiger partial charge is 0.494 e. The zero-order valence-electron chi connectivity index (χ0n) is 28.9. The molecular weight excluding hydrogens is 634 g/mol. The summed E-state index contributed by atoms with van der Waals surface area (Å²) in [5, 5.41) is 8.32. The molecule has 1 aliphatic rings. The molecule has 1 fully saturated rings. The molecule has 0 aromatic heterocycles. The summed E-state index contributed by atoms with van der Waals surface area (Å²) in [6, 6.07) is 29.5. The number of rotatable bonds is 20. The molecular formula is C41H45NO8. The number of epoxide rings is 1. The molecule has 50 heavy (non-hydrogen) atoms. The molecule has 0 bridgehead atoms. The summed E-state index contributed by atoms with van der Waals surface area (Å²) in [4.78, 5) is 11.1.